The van der Waals surface area contributed by atoms with E-state index in [-0.39, 0.29) is 24.9 Å². The second kappa shape index (κ2) is 8.68. The first-order chi connectivity index (χ1) is 12.0. The molecule has 1 N–H and O–H groups in total. The summed E-state index contributed by atoms with van der Waals surface area (Å²) in [6.07, 6.45) is 0. The molecule has 132 valence electrons. The van der Waals surface area contributed by atoms with Gasteiger partial charge in [0, 0.05) is 18.2 Å². The van der Waals surface area contributed by atoms with E-state index < -0.39 is 10.9 Å². The van der Waals surface area contributed by atoms with Gasteiger partial charge in [0.1, 0.15) is 18.0 Å². The van der Waals surface area contributed by atoms with Gasteiger partial charge >= 0.3 is 5.97 Å². The molecule has 0 aliphatic rings. The summed E-state index contributed by atoms with van der Waals surface area (Å²) in [6.45, 7) is 3.64. The number of rotatable bonds is 8. The van der Waals surface area contributed by atoms with E-state index in [1.54, 1.807) is 0 Å². The van der Waals surface area contributed by atoms with Crippen molar-refractivity contribution in [1.82, 2.24) is 0 Å². The second-order valence-electron chi connectivity index (χ2n) is 5.67. The van der Waals surface area contributed by atoms with Crippen LogP contribution < -0.4 is 10.1 Å². The molecule has 0 atom stereocenters. The zero-order chi connectivity index (χ0) is 18.2. The molecule has 2 aromatic rings. The smallest absolute Gasteiger partial charge is 0.344 e. The predicted molar refractivity (Wildman–Crippen MR) is 93.6 cm³/mol. The summed E-state index contributed by atoms with van der Waals surface area (Å²) in [5, 5.41) is 14.0. The third-order valence-corrected chi connectivity index (χ3v) is 3.21. The number of benzene rings is 2. The average molecular weight is 344 g/mol. The number of anilines is 1. The van der Waals surface area contributed by atoms with Crippen LogP contribution in [-0.2, 0) is 16.1 Å². The second-order valence-corrected chi connectivity index (χ2v) is 5.67. The highest BCUT2D eigenvalue weighted by molar-refractivity contribution is 5.71. The quantitative estimate of drug-likeness (QED) is 0.447. The van der Waals surface area contributed by atoms with Crippen LogP contribution in [-0.4, -0.2) is 23.5 Å². The molecule has 0 saturated heterocycles. The molecule has 0 aliphatic heterocycles. The molecule has 0 heterocycles. The van der Waals surface area contributed by atoms with Crippen LogP contribution in [0.25, 0.3) is 0 Å². The summed E-state index contributed by atoms with van der Waals surface area (Å²) in [5.74, 6) is -0.161. The van der Waals surface area contributed by atoms with Crippen LogP contribution in [0, 0.1) is 10.1 Å². The summed E-state index contributed by atoms with van der Waals surface area (Å²) in [7, 11) is 0. The van der Waals surface area contributed by atoms with Gasteiger partial charge in [-0.05, 0) is 25.5 Å². The van der Waals surface area contributed by atoms with Crippen molar-refractivity contribution < 1.29 is 19.2 Å². The predicted octanol–water partition coefficient (Wildman–Crippen LogP) is 3.54. The van der Waals surface area contributed by atoms with Crippen LogP contribution in [0.3, 0.4) is 0 Å². The zero-order valence-electron chi connectivity index (χ0n) is 14.1. The molecule has 0 aliphatic carbocycles. The molecule has 2 rings (SSSR count). The van der Waals surface area contributed by atoms with Gasteiger partial charge in [-0.1, -0.05) is 30.3 Å². The maximum absolute atomic E-state index is 11.8. The van der Waals surface area contributed by atoms with Gasteiger partial charge in [-0.2, -0.15) is 0 Å². The number of carbonyl (C=O) groups is 1. The van der Waals surface area contributed by atoms with E-state index in [0.717, 1.165) is 5.56 Å². The summed E-state index contributed by atoms with van der Waals surface area (Å²) in [6, 6.07) is 13.6. The number of hydrogen-bond donors (Lipinski definition) is 1. The Kier molecular flexibility index (Phi) is 6.33. The Hall–Kier alpha value is -3.09. The van der Waals surface area contributed by atoms with E-state index >= 15 is 0 Å². The Morgan fingerprint density at radius 3 is 2.56 bits per heavy atom. The average Bonchev–Trinajstić information content (AvgIpc) is 2.58. The maximum atomic E-state index is 11.8. The van der Waals surface area contributed by atoms with Gasteiger partial charge < -0.3 is 14.8 Å². The van der Waals surface area contributed by atoms with Crippen molar-refractivity contribution in [1.29, 1.82) is 0 Å². The molecule has 2 aromatic carbocycles. The zero-order valence-corrected chi connectivity index (χ0v) is 14.1. The van der Waals surface area contributed by atoms with Crippen LogP contribution in [0.4, 0.5) is 11.4 Å². The molecule has 0 radical (unpaired) electrons. The first-order valence-corrected chi connectivity index (χ1v) is 7.83. The molecule has 0 saturated carbocycles. The van der Waals surface area contributed by atoms with E-state index in [2.05, 4.69) is 5.32 Å². The Balaban J connectivity index is 1.93. The number of hydrogen-bond acceptors (Lipinski definition) is 6. The van der Waals surface area contributed by atoms with Gasteiger partial charge in [-0.25, -0.2) is 4.79 Å². The third-order valence-electron chi connectivity index (χ3n) is 3.21. The van der Waals surface area contributed by atoms with Gasteiger partial charge in [-0.3, -0.25) is 10.1 Å². The third kappa shape index (κ3) is 5.80. The summed E-state index contributed by atoms with van der Waals surface area (Å²) in [5.41, 5.74) is 1.18. The molecule has 0 fully saturated rings. The van der Waals surface area contributed by atoms with Crippen molar-refractivity contribution >= 4 is 17.3 Å². The molecule has 25 heavy (non-hydrogen) atoms. The van der Waals surface area contributed by atoms with Gasteiger partial charge in [-0.15, -0.1) is 0 Å². The Labute approximate surface area is 145 Å². The largest absolute Gasteiger partial charge is 0.482 e. The molecule has 0 bridgehead atoms. The molecule has 7 heteroatoms. The number of carbonyl (C=O) groups excluding carboxylic acids is 1. The van der Waals surface area contributed by atoms with Crippen LogP contribution in [0.5, 0.6) is 5.75 Å². The topological polar surface area (TPSA) is 90.7 Å². The number of nitro groups is 1. The fourth-order valence-electron chi connectivity index (χ4n) is 2.11. The Morgan fingerprint density at radius 1 is 1.20 bits per heavy atom. The number of esters is 1. The van der Waals surface area contributed by atoms with Gasteiger partial charge in [0.25, 0.3) is 5.69 Å². The lowest BCUT2D eigenvalue weighted by atomic mass is 10.2. The van der Waals surface area contributed by atoms with Gasteiger partial charge in [0.2, 0.25) is 0 Å². The standard InChI is InChI=1S/C18H20N2O5/c1-13(2)19-16-10-15(8-9-17(16)20(22)23)24-12-18(21)25-11-14-6-4-3-5-7-14/h3-10,13,19H,11-12H2,1-2H3. The maximum Gasteiger partial charge on any atom is 0.344 e. The first kappa shape index (κ1) is 18.3. The minimum absolute atomic E-state index is 0.0183. The van der Waals surface area contributed by atoms with E-state index in [1.165, 1.54) is 18.2 Å². The molecule has 0 aromatic heterocycles. The van der Waals surface area contributed by atoms with Crippen LogP contribution in [0.2, 0.25) is 0 Å². The van der Waals surface area contributed by atoms with Crippen molar-refractivity contribution in [3.05, 3.63) is 64.2 Å². The minimum atomic E-state index is -0.513. The van der Waals surface area contributed by atoms with Crippen molar-refractivity contribution in [2.24, 2.45) is 0 Å². The lowest BCUT2D eigenvalue weighted by molar-refractivity contribution is -0.384. The van der Waals surface area contributed by atoms with E-state index in [1.807, 2.05) is 44.2 Å². The van der Waals surface area contributed by atoms with Crippen LogP contribution >= 0.6 is 0 Å². The van der Waals surface area contributed by atoms with Crippen molar-refractivity contribution in [2.45, 2.75) is 26.5 Å². The van der Waals surface area contributed by atoms with Crippen LogP contribution in [0.1, 0.15) is 19.4 Å². The number of nitrogens with one attached hydrogen (secondary N) is 1. The van der Waals surface area contributed by atoms with Gasteiger partial charge in [0.05, 0.1) is 4.92 Å². The van der Waals surface area contributed by atoms with Crippen molar-refractivity contribution in [2.75, 3.05) is 11.9 Å². The number of nitrogens with zero attached hydrogens (tertiary/aromatic N) is 1. The summed E-state index contributed by atoms with van der Waals surface area (Å²) in [4.78, 5) is 22.3. The number of ether oxygens (including phenoxy) is 2. The van der Waals surface area contributed by atoms with E-state index in [9.17, 15) is 14.9 Å². The van der Waals surface area contributed by atoms with E-state index in [4.69, 9.17) is 9.47 Å². The first-order valence-electron chi connectivity index (χ1n) is 7.83. The fourth-order valence-corrected chi connectivity index (χ4v) is 2.11. The molecule has 0 spiro atoms. The molecular weight excluding hydrogens is 324 g/mol. The lowest BCUT2D eigenvalue weighted by Crippen LogP contribution is -2.15. The highest BCUT2D eigenvalue weighted by Gasteiger charge is 2.16. The van der Waals surface area contributed by atoms with E-state index in [0.29, 0.717) is 11.4 Å². The van der Waals surface area contributed by atoms with Crippen molar-refractivity contribution in [3.8, 4) is 5.75 Å². The molecule has 7 nitrogen and oxygen atoms in total. The normalized spacial score (nSPS) is 10.4. The minimum Gasteiger partial charge on any atom is -0.482 e. The molecule has 0 amide bonds. The highest BCUT2D eigenvalue weighted by atomic mass is 16.6. The Morgan fingerprint density at radius 2 is 1.92 bits per heavy atom. The van der Waals surface area contributed by atoms with Crippen LogP contribution in [0.15, 0.2) is 48.5 Å². The molecular formula is C18H20N2O5. The lowest BCUT2D eigenvalue weighted by Gasteiger charge is -2.12. The SMILES string of the molecule is CC(C)Nc1cc(OCC(=O)OCc2ccccc2)ccc1[N+](=O)[O-]. The molecule has 0 unspecified atom stereocenters. The van der Waals surface area contributed by atoms with Gasteiger partial charge in [0.15, 0.2) is 6.61 Å². The number of nitro benzene ring substituents is 1. The summed E-state index contributed by atoms with van der Waals surface area (Å²) >= 11 is 0. The highest BCUT2D eigenvalue weighted by Crippen LogP contribution is 2.29. The van der Waals surface area contributed by atoms with Crippen molar-refractivity contribution in [3.63, 3.8) is 0 Å². The Bertz CT molecular complexity index is 732. The summed E-state index contributed by atoms with van der Waals surface area (Å²) < 4.78 is 10.5. The fraction of sp³-hybridized carbons (Fsp3) is 0.278. The monoisotopic (exact) mass is 344 g/mol.